The van der Waals surface area contributed by atoms with Gasteiger partial charge in [0.15, 0.2) is 4.34 Å². The molecule has 1 aromatic heterocycles. The Labute approximate surface area is 188 Å². The molecule has 0 aliphatic rings. The molecular weight excluding hydrogens is 442 g/mol. The zero-order chi connectivity index (χ0) is 21.5. The van der Waals surface area contributed by atoms with Crippen molar-refractivity contribution in [3.05, 3.63) is 64.1 Å². The largest absolute Gasteiger partial charge is 0.495 e. The van der Waals surface area contributed by atoms with Crippen molar-refractivity contribution in [1.29, 1.82) is 0 Å². The van der Waals surface area contributed by atoms with Gasteiger partial charge in [-0.05, 0) is 48.9 Å². The van der Waals surface area contributed by atoms with Crippen LogP contribution in [0.4, 0.5) is 11.4 Å². The van der Waals surface area contributed by atoms with Crippen LogP contribution in [0.2, 0.25) is 5.02 Å². The lowest BCUT2D eigenvalue weighted by Crippen LogP contribution is -2.15. The first kappa shape index (κ1) is 22.1. The molecule has 0 aliphatic carbocycles. The van der Waals surface area contributed by atoms with E-state index >= 15 is 0 Å². The van der Waals surface area contributed by atoms with E-state index in [1.165, 1.54) is 23.1 Å². The minimum Gasteiger partial charge on any atom is -0.495 e. The quantitative estimate of drug-likeness (QED) is 0.460. The van der Waals surface area contributed by atoms with Gasteiger partial charge in [0.2, 0.25) is 11.8 Å². The summed E-state index contributed by atoms with van der Waals surface area (Å²) in [5.74, 6) is 0.516. The molecule has 156 valence electrons. The number of methoxy groups -OCH3 is 1. The van der Waals surface area contributed by atoms with Crippen LogP contribution >= 0.6 is 34.7 Å². The number of aromatic nitrogens is 1. The number of carbonyl (C=O) groups is 2. The molecule has 0 saturated carbocycles. The number of hydrogen-bond donors (Lipinski definition) is 2. The van der Waals surface area contributed by atoms with Crippen molar-refractivity contribution < 1.29 is 14.3 Å². The molecule has 0 aliphatic heterocycles. The molecule has 0 atom stereocenters. The summed E-state index contributed by atoms with van der Waals surface area (Å²) in [6.07, 6.45) is 0.144. The molecular formula is C21H20ClN3O3S2. The van der Waals surface area contributed by atoms with Crippen LogP contribution in [0.3, 0.4) is 0 Å². The molecule has 2 amide bonds. The number of nitrogens with one attached hydrogen (secondary N) is 2. The Morgan fingerprint density at radius 3 is 2.63 bits per heavy atom. The zero-order valence-corrected chi connectivity index (χ0v) is 18.8. The standard InChI is InChI=1S/C21H20ClN3O3S2/c1-13-3-8-18(28-2)17(9-13)25-19(26)10-16-11-29-21(24-16)30-12-20(27)23-15-6-4-14(22)5-7-15/h3-9,11H,10,12H2,1-2H3,(H,23,27)(H,25,26). The molecule has 1 heterocycles. The predicted molar refractivity (Wildman–Crippen MR) is 123 cm³/mol. The van der Waals surface area contributed by atoms with Crippen LogP contribution in [-0.2, 0) is 16.0 Å². The lowest BCUT2D eigenvalue weighted by molar-refractivity contribution is -0.116. The van der Waals surface area contributed by atoms with Crippen molar-refractivity contribution in [2.45, 2.75) is 17.7 Å². The van der Waals surface area contributed by atoms with Crippen molar-refractivity contribution in [3.63, 3.8) is 0 Å². The van der Waals surface area contributed by atoms with Crippen molar-refractivity contribution in [1.82, 2.24) is 4.98 Å². The second kappa shape index (κ2) is 10.5. The summed E-state index contributed by atoms with van der Waals surface area (Å²) in [6, 6.07) is 12.5. The number of halogens is 1. The highest BCUT2D eigenvalue weighted by atomic mass is 35.5. The van der Waals surface area contributed by atoms with Gasteiger partial charge in [0.05, 0.1) is 30.7 Å². The maximum absolute atomic E-state index is 12.4. The van der Waals surface area contributed by atoms with Gasteiger partial charge in [-0.2, -0.15) is 0 Å². The molecule has 0 bridgehead atoms. The van der Waals surface area contributed by atoms with Gasteiger partial charge in [-0.15, -0.1) is 11.3 Å². The number of anilines is 2. The average Bonchev–Trinajstić information content (AvgIpc) is 3.15. The first-order valence-corrected chi connectivity index (χ1v) is 11.2. The van der Waals surface area contributed by atoms with Gasteiger partial charge >= 0.3 is 0 Å². The summed E-state index contributed by atoms with van der Waals surface area (Å²) in [4.78, 5) is 28.9. The second-order valence-electron chi connectivity index (χ2n) is 6.38. The lowest BCUT2D eigenvalue weighted by atomic mass is 10.2. The molecule has 0 unspecified atom stereocenters. The summed E-state index contributed by atoms with van der Waals surface area (Å²) in [5.41, 5.74) is 3.00. The molecule has 6 nitrogen and oxygen atoms in total. The number of rotatable bonds is 8. The SMILES string of the molecule is COc1ccc(C)cc1NC(=O)Cc1csc(SCC(=O)Nc2ccc(Cl)cc2)n1. The van der Waals surface area contributed by atoms with Crippen molar-refractivity contribution in [3.8, 4) is 5.75 Å². The molecule has 2 N–H and O–H groups in total. The first-order chi connectivity index (χ1) is 14.4. The van der Waals surface area contributed by atoms with Gasteiger partial charge < -0.3 is 15.4 Å². The van der Waals surface area contributed by atoms with E-state index in [4.69, 9.17) is 16.3 Å². The van der Waals surface area contributed by atoms with Crippen molar-refractivity contribution in [2.75, 3.05) is 23.5 Å². The Morgan fingerprint density at radius 2 is 1.90 bits per heavy atom. The van der Waals surface area contributed by atoms with Crippen LogP contribution in [0.25, 0.3) is 0 Å². The van der Waals surface area contributed by atoms with E-state index in [1.807, 2.05) is 30.5 Å². The fourth-order valence-electron chi connectivity index (χ4n) is 2.57. The third kappa shape index (κ3) is 6.48. The van der Waals surface area contributed by atoms with Crippen LogP contribution in [0.15, 0.2) is 52.2 Å². The topological polar surface area (TPSA) is 80.3 Å². The van der Waals surface area contributed by atoms with E-state index in [0.29, 0.717) is 27.8 Å². The minimum atomic E-state index is -0.179. The molecule has 0 saturated heterocycles. The molecule has 30 heavy (non-hydrogen) atoms. The fraction of sp³-hybridized carbons (Fsp3) is 0.190. The normalized spacial score (nSPS) is 10.5. The van der Waals surface area contributed by atoms with Crippen molar-refractivity contribution >= 4 is 57.9 Å². The molecule has 0 radical (unpaired) electrons. The van der Waals surface area contributed by atoms with E-state index < -0.39 is 0 Å². The van der Waals surface area contributed by atoms with Gasteiger partial charge in [-0.25, -0.2) is 4.98 Å². The Hall–Kier alpha value is -2.55. The van der Waals surface area contributed by atoms with Crippen LogP contribution in [-0.4, -0.2) is 29.7 Å². The third-order valence-corrected chi connectivity index (χ3v) is 6.28. The Bertz CT molecular complexity index is 1040. The van der Waals surface area contributed by atoms with Crippen LogP contribution in [0.1, 0.15) is 11.3 Å². The fourth-order valence-corrected chi connectivity index (χ4v) is 4.34. The van der Waals surface area contributed by atoms with Gasteiger partial charge in [-0.1, -0.05) is 29.4 Å². The molecule has 3 aromatic rings. The van der Waals surface area contributed by atoms with E-state index in [2.05, 4.69) is 15.6 Å². The van der Waals surface area contributed by atoms with E-state index in [1.54, 1.807) is 31.4 Å². The smallest absolute Gasteiger partial charge is 0.234 e. The van der Waals surface area contributed by atoms with Crippen LogP contribution in [0, 0.1) is 6.92 Å². The molecule has 0 fully saturated rings. The third-order valence-electron chi connectivity index (χ3n) is 3.96. The summed E-state index contributed by atoms with van der Waals surface area (Å²) >= 11 is 8.57. The maximum Gasteiger partial charge on any atom is 0.234 e. The predicted octanol–water partition coefficient (Wildman–Crippen LogP) is 5.03. The number of thiazole rings is 1. The van der Waals surface area contributed by atoms with Gasteiger partial charge in [0, 0.05) is 16.1 Å². The summed E-state index contributed by atoms with van der Waals surface area (Å²) < 4.78 is 6.02. The van der Waals surface area contributed by atoms with Gasteiger partial charge in [0.25, 0.3) is 0 Å². The molecule has 2 aromatic carbocycles. The number of ether oxygens (including phenoxy) is 1. The second-order valence-corrected chi connectivity index (χ2v) is 8.89. The lowest BCUT2D eigenvalue weighted by Gasteiger charge is -2.10. The highest BCUT2D eigenvalue weighted by Gasteiger charge is 2.12. The van der Waals surface area contributed by atoms with Gasteiger partial charge in [-0.3, -0.25) is 9.59 Å². The van der Waals surface area contributed by atoms with E-state index in [0.717, 1.165) is 9.90 Å². The summed E-state index contributed by atoms with van der Waals surface area (Å²) in [6.45, 7) is 1.95. The number of aryl methyl sites for hydroxylation is 1. The van der Waals surface area contributed by atoms with Crippen molar-refractivity contribution in [2.24, 2.45) is 0 Å². The zero-order valence-electron chi connectivity index (χ0n) is 16.4. The van der Waals surface area contributed by atoms with Crippen LogP contribution < -0.4 is 15.4 Å². The molecule has 3 rings (SSSR count). The van der Waals surface area contributed by atoms with E-state index in [9.17, 15) is 9.59 Å². The number of benzene rings is 2. The number of nitrogens with zero attached hydrogens (tertiary/aromatic N) is 1. The Kier molecular flexibility index (Phi) is 7.73. The molecule has 9 heteroatoms. The first-order valence-electron chi connectivity index (χ1n) is 9.00. The number of thioether (sulfide) groups is 1. The monoisotopic (exact) mass is 461 g/mol. The Balaban J connectivity index is 1.50. The number of carbonyl (C=O) groups excluding carboxylic acids is 2. The highest BCUT2D eigenvalue weighted by Crippen LogP contribution is 2.26. The minimum absolute atomic E-state index is 0.136. The summed E-state index contributed by atoms with van der Waals surface area (Å²) in [7, 11) is 1.56. The van der Waals surface area contributed by atoms with Crippen LogP contribution in [0.5, 0.6) is 5.75 Å². The molecule has 0 spiro atoms. The average molecular weight is 462 g/mol. The van der Waals surface area contributed by atoms with Gasteiger partial charge in [0.1, 0.15) is 5.75 Å². The summed E-state index contributed by atoms with van der Waals surface area (Å²) in [5, 5.41) is 8.10. The maximum atomic E-state index is 12.4. The Morgan fingerprint density at radius 1 is 1.13 bits per heavy atom. The highest BCUT2D eigenvalue weighted by molar-refractivity contribution is 8.01. The number of hydrogen-bond acceptors (Lipinski definition) is 6. The van der Waals surface area contributed by atoms with E-state index in [-0.39, 0.29) is 24.0 Å². The number of amides is 2.